The smallest absolute Gasteiger partial charge is 0.315 e. The molecular weight excluding hydrogens is 879 g/mol. The Bertz CT molecular complexity index is 2120. The fourth-order valence-corrected chi connectivity index (χ4v) is 8.89. The normalized spacial score (nSPS) is 17.0. The van der Waals surface area contributed by atoms with E-state index in [1.807, 2.05) is 6.92 Å². The molecule has 2 fully saturated rings. The number of pyridine rings is 1. The van der Waals surface area contributed by atoms with Gasteiger partial charge in [-0.25, -0.2) is 4.79 Å². The predicted octanol–water partition coefficient (Wildman–Crippen LogP) is 5.92. The molecule has 18 heteroatoms. The van der Waals surface area contributed by atoms with E-state index in [2.05, 4.69) is 26.6 Å². The standard InChI is InChI=1S/C47H64Cl2N6O10/c1-2-7-35(46(60)61)43-42(31-10-13-33(48)14-11-31)36-30-34(49)15-17-38(36)55(45(43)59)23-22-52-41(58)19-18-40(57)51-21-6-25-64-27-29-65-28-26-63-24-5-20-50-39(56)9-4-3-8-32-12-16-37-44(32)54-47(62)53-37/h10-11,13-15,17,30,32,35,37,44H,2-9,12,16,18-29H2,1H3,(H,50,56)(H,51,57)(H,52,58)(H,60,61)(H2,53,54,62)/t32-,35-,37+,44-/m0/s1. The quantitative estimate of drug-likeness (QED) is 0.0434. The summed E-state index contributed by atoms with van der Waals surface area (Å²) in [4.78, 5) is 75.6. The third-order valence-electron chi connectivity index (χ3n) is 11.8. The molecule has 1 aromatic heterocycles. The van der Waals surface area contributed by atoms with Gasteiger partial charge in [0.2, 0.25) is 17.7 Å². The molecule has 5 rings (SSSR count). The summed E-state index contributed by atoms with van der Waals surface area (Å²) in [5.74, 6) is -2.27. The number of amides is 5. The van der Waals surface area contributed by atoms with E-state index in [-0.39, 0.29) is 73.8 Å². The number of aromatic nitrogens is 1. The molecule has 1 saturated carbocycles. The molecule has 1 saturated heterocycles. The molecule has 0 spiro atoms. The first kappa shape index (κ1) is 51.2. The van der Waals surface area contributed by atoms with E-state index in [1.54, 1.807) is 42.5 Å². The van der Waals surface area contributed by atoms with Gasteiger partial charge < -0.3 is 50.5 Å². The zero-order valence-electron chi connectivity index (χ0n) is 37.2. The number of aliphatic carboxylic acids is 1. The lowest BCUT2D eigenvalue weighted by Gasteiger charge is -2.22. The first-order valence-corrected chi connectivity index (χ1v) is 23.7. The summed E-state index contributed by atoms with van der Waals surface area (Å²) >= 11 is 12.6. The van der Waals surface area contributed by atoms with Gasteiger partial charge >= 0.3 is 12.0 Å². The number of nitrogens with zero attached hydrogens (tertiary/aromatic N) is 1. The third kappa shape index (κ3) is 16.0. The van der Waals surface area contributed by atoms with Gasteiger partial charge in [-0.15, -0.1) is 0 Å². The summed E-state index contributed by atoms with van der Waals surface area (Å²) in [6, 6.07) is 12.4. The number of fused-ring (bicyclic) bond motifs is 2. The van der Waals surface area contributed by atoms with Crippen molar-refractivity contribution in [1.82, 2.24) is 31.2 Å². The van der Waals surface area contributed by atoms with E-state index in [0.717, 1.165) is 38.5 Å². The number of hydrogen-bond acceptors (Lipinski definition) is 9. The van der Waals surface area contributed by atoms with Crippen molar-refractivity contribution in [3.8, 4) is 11.1 Å². The highest BCUT2D eigenvalue weighted by atomic mass is 35.5. The maximum atomic E-state index is 14.2. The van der Waals surface area contributed by atoms with Crippen molar-refractivity contribution in [3.63, 3.8) is 0 Å². The molecule has 1 aliphatic heterocycles. The van der Waals surface area contributed by atoms with Gasteiger partial charge in [0.15, 0.2) is 0 Å². The van der Waals surface area contributed by atoms with Crippen LogP contribution in [0.25, 0.3) is 22.0 Å². The number of hydrogen-bond donors (Lipinski definition) is 6. The Morgan fingerprint density at radius 2 is 1.35 bits per heavy atom. The third-order valence-corrected chi connectivity index (χ3v) is 12.3. The molecular formula is C47H64Cl2N6O10. The molecule has 2 aromatic carbocycles. The van der Waals surface area contributed by atoms with Crippen LogP contribution in [0.1, 0.15) is 95.5 Å². The molecule has 356 valence electrons. The van der Waals surface area contributed by atoms with Gasteiger partial charge in [0.25, 0.3) is 5.56 Å². The summed E-state index contributed by atoms with van der Waals surface area (Å²) < 4.78 is 18.2. The summed E-state index contributed by atoms with van der Waals surface area (Å²) in [7, 11) is 0. The molecule has 2 aliphatic rings. The second-order valence-corrected chi connectivity index (χ2v) is 17.4. The number of carbonyl (C=O) groups excluding carboxylic acids is 4. The van der Waals surface area contributed by atoms with Crippen molar-refractivity contribution < 1.29 is 43.3 Å². The highest BCUT2D eigenvalue weighted by Gasteiger charge is 2.41. The second kappa shape index (κ2) is 27.0. The SMILES string of the molecule is CCC[C@H](C(=O)O)c1c(-c2ccc(Cl)cc2)c2cc(Cl)ccc2n(CCNC(=O)CCC(=O)NCCCOCCOCCOCCCNC(=O)CCCC[C@H]2CC[C@H]3NC(=O)N[C@@H]23)c1=O. The van der Waals surface area contributed by atoms with E-state index in [0.29, 0.717) is 110 Å². The van der Waals surface area contributed by atoms with Crippen LogP contribution in [-0.2, 0) is 39.9 Å². The van der Waals surface area contributed by atoms with Crippen LogP contribution in [0.15, 0.2) is 47.3 Å². The molecule has 65 heavy (non-hydrogen) atoms. The van der Waals surface area contributed by atoms with Crippen molar-refractivity contribution in [2.24, 2.45) is 5.92 Å². The highest BCUT2D eigenvalue weighted by molar-refractivity contribution is 6.31. The van der Waals surface area contributed by atoms with Crippen molar-refractivity contribution in [1.29, 1.82) is 0 Å². The number of benzene rings is 2. The van der Waals surface area contributed by atoms with Gasteiger partial charge in [-0.2, -0.15) is 0 Å². The van der Waals surface area contributed by atoms with Gasteiger partial charge in [0.1, 0.15) is 0 Å². The highest BCUT2D eigenvalue weighted by Crippen LogP contribution is 2.37. The Labute approximate surface area is 390 Å². The summed E-state index contributed by atoms with van der Waals surface area (Å²) in [5.41, 5.74) is 1.33. The maximum absolute atomic E-state index is 14.2. The van der Waals surface area contributed by atoms with Crippen molar-refractivity contribution in [2.75, 3.05) is 59.3 Å². The average molecular weight is 944 g/mol. The van der Waals surface area contributed by atoms with Crippen molar-refractivity contribution >= 4 is 63.8 Å². The number of rotatable bonds is 30. The van der Waals surface area contributed by atoms with Crippen LogP contribution in [0.5, 0.6) is 0 Å². The minimum absolute atomic E-state index is 0.0141. The van der Waals surface area contributed by atoms with Gasteiger partial charge in [0, 0.05) is 85.2 Å². The van der Waals surface area contributed by atoms with Crippen LogP contribution in [0.2, 0.25) is 10.0 Å². The minimum Gasteiger partial charge on any atom is -0.481 e. The molecule has 3 aromatic rings. The van der Waals surface area contributed by atoms with Gasteiger partial charge in [-0.3, -0.25) is 24.0 Å². The Balaban J connectivity index is 0.884. The van der Waals surface area contributed by atoms with Crippen LogP contribution >= 0.6 is 23.2 Å². The number of urea groups is 1. The summed E-state index contributed by atoms with van der Waals surface area (Å²) in [6.45, 7) is 5.59. The number of carboxylic acids is 1. The van der Waals surface area contributed by atoms with E-state index >= 15 is 0 Å². The van der Waals surface area contributed by atoms with E-state index in [9.17, 15) is 33.9 Å². The van der Waals surface area contributed by atoms with Crippen LogP contribution in [-0.4, -0.2) is 111 Å². The number of ether oxygens (including phenoxy) is 3. The molecule has 1 aliphatic carbocycles. The lowest BCUT2D eigenvalue weighted by Crippen LogP contribution is -2.34. The van der Waals surface area contributed by atoms with Gasteiger partial charge in [0.05, 0.1) is 49.9 Å². The maximum Gasteiger partial charge on any atom is 0.315 e. The number of carbonyl (C=O) groups is 5. The number of halogens is 2. The Morgan fingerprint density at radius 3 is 1.98 bits per heavy atom. The number of nitrogens with one attached hydrogen (secondary N) is 5. The Morgan fingerprint density at radius 1 is 0.754 bits per heavy atom. The van der Waals surface area contributed by atoms with Gasteiger partial charge in [-0.05, 0) is 86.8 Å². The zero-order valence-corrected chi connectivity index (χ0v) is 38.7. The summed E-state index contributed by atoms with van der Waals surface area (Å²) in [5, 5.41) is 26.3. The summed E-state index contributed by atoms with van der Waals surface area (Å²) in [6.07, 6.45) is 7.53. The molecule has 6 N–H and O–H groups in total. The molecule has 4 atom stereocenters. The van der Waals surface area contributed by atoms with Crippen LogP contribution in [0.4, 0.5) is 4.79 Å². The Hall–Kier alpha value is -4.74. The molecule has 5 amide bonds. The molecule has 2 heterocycles. The van der Waals surface area contributed by atoms with Crippen LogP contribution < -0.4 is 32.1 Å². The van der Waals surface area contributed by atoms with Gasteiger partial charge in [-0.1, -0.05) is 55.1 Å². The lowest BCUT2D eigenvalue weighted by molar-refractivity contribution is -0.139. The van der Waals surface area contributed by atoms with Crippen LogP contribution in [0.3, 0.4) is 0 Å². The molecule has 0 bridgehead atoms. The number of unbranched alkanes of at least 4 members (excludes halogenated alkanes) is 1. The minimum atomic E-state index is -1.11. The fraction of sp³-hybridized carbons (Fsp3) is 0.574. The lowest BCUT2D eigenvalue weighted by atomic mass is 9.86. The van der Waals surface area contributed by atoms with Crippen LogP contribution in [0, 0.1) is 5.92 Å². The zero-order chi connectivity index (χ0) is 46.6. The number of carboxylic acid groups (broad SMARTS) is 1. The molecule has 0 unspecified atom stereocenters. The van der Waals surface area contributed by atoms with E-state index < -0.39 is 17.4 Å². The first-order valence-electron chi connectivity index (χ1n) is 22.9. The topological polar surface area (TPSA) is 215 Å². The van der Waals surface area contributed by atoms with Crippen molar-refractivity contribution in [3.05, 3.63) is 68.4 Å². The second-order valence-electron chi connectivity index (χ2n) is 16.5. The monoisotopic (exact) mass is 942 g/mol. The van der Waals surface area contributed by atoms with Crippen molar-refractivity contribution in [2.45, 2.75) is 109 Å². The predicted molar refractivity (Wildman–Crippen MR) is 249 cm³/mol. The largest absolute Gasteiger partial charge is 0.481 e. The fourth-order valence-electron chi connectivity index (χ4n) is 8.59. The first-order chi connectivity index (χ1) is 31.5. The molecule has 0 radical (unpaired) electrons. The van der Waals surface area contributed by atoms with E-state index in [4.69, 9.17) is 37.4 Å². The van der Waals surface area contributed by atoms with E-state index in [1.165, 1.54) is 4.57 Å². The average Bonchev–Trinajstić information content (AvgIpc) is 3.84. The Kier molecular flexibility index (Phi) is 21.3. The molecule has 16 nitrogen and oxygen atoms in total.